The number of carbonyl (C=O) groups is 1. The van der Waals surface area contributed by atoms with Gasteiger partial charge in [0.2, 0.25) is 15.9 Å². The fourth-order valence-electron chi connectivity index (χ4n) is 3.03. The first kappa shape index (κ1) is 20.1. The lowest BCUT2D eigenvalue weighted by Crippen LogP contribution is -2.35. The van der Waals surface area contributed by atoms with E-state index in [0.717, 1.165) is 19.3 Å². The number of nitrogens with zero attached hydrogens (tertiary/aromatic N) is 1. The largest absolute Gasteiger partial charge is 0.326 e. The molecular formula is C19H20Cl2N2O3S. The van der Waals surface area contributed by atoms with Crippen LogP contribution in [0, 0.1) is 0 Å². The predicted octanol–water partition coefficient (Wildman–Crippen LogP) is 4.35. The minimum Gasteiger partial charge on any atom is -0.326 e. The zero-order chi connectivity index (χ0) is 19.4. The SMILES string of the molecule is O=C(Cc1ccc(Cl)cc1Cl)Nc1cccc(S(=O)(=O)N2CCCCC2)c1. The second-order valence-corrected chi connectivity index (χ2v) is 9.23. The van der Waals surface area contributed by atoms with Crippen LogP contribution < -0.4 is 5.32 Å². The summed E-state index contributed by atoms with van der Waals surface area (Å²) in [5.74, 6) is -0.285. The van der Waals surface area contributed by atoms with E-state index in [9.17, 15) is 13.2 Å². The molecule has 0 radical (unpaired) electrons. The lowest BCUT2D eigenvalue weighted by molar-refractivity contribution is -0.115. The van der Waals surface area contributed by atoms with Crippen molar-refractivity contribution in [1.82, 2.24) is 4.31 Å². The van der Waals surface area contributed by atoms with Crippen molar-refractivity contribution >= 4 is 44.8 Å². The molecule has 1 fully saturated rings. The second kappa shape index (κ2) is 8.61. The Hall–Kier alpha value is -1.60. The minimum atomic E-state index is -3.54. The van der Waals surface area contributed by atoms with Gasteiger partial charge in [0.15, 0.2) is 0 Å². The first-order valence-corrected chi connectivity index (χ1v) is 10.9. The van der Waals surface area contributed by atoms with Gasteiger partial charge in [-0.15, -0.1) is 0 Å². The van der Waals surface area contributed by atoms with E-state index in [4.69, 9.17) is 23.2 Å². The first-order valence-electron chi connectivity index (χ1n) is 8.70. The Morgan fingerprint density at radius 1 is 1.04 bits per heavy atom. The van der Waals surface area contributed by atoms with E-state index in [1.165, 1.54) is 10.4 Å². The van der Waals surface area contributed by atoms with E-state index in [2.05, 4.69) is 5.32 Å². The van der Waals surface area contributed by atoms with Crippen LogP contribution >= 0.6 is 23.2 Å². The molecule has 0 unspecified atom stereocenters. The monoisotopic (exact) mass is 426 g/mol. The number of benzene rings is 2. The molecule has 0 aliphatic carbocycles. The van der Waals surface area contributed by atoms with Gasteiger partial charge in [0, 0.05) is 28.8 Å². The van der Waals surface area contributed by atoms with Crippen LogP contribution in [0.25, 0.3) is 0 Å². The zero-order valence-corrected chi connectivity index (χ0v) is 16.9. The van der Waals surface area contributed by atoms with E-state index < -0.39 is 10.0 Å². The third kappa shape index (κ3) is 5.02. The van der Waals surface area contributed by atoms with Gasteiger partial charge in [-0.1, -0.05) is 41.8 Å². The minimum absolute atomic E-state index is 0.0686. The number of halogens is 2. The molecule has 27 heavy (non-hydrogen) atoms. The van der Waals surface area contributed by atoms with Gasteiger partial charge in [-0.05, 0) is 48.7 Å². The molecule has 0 atom stereocenters. The van der Waals surface area contributed by atoms with E-state index in [0.29, 0.717) is 34.4 Å². The highest BCUT2D eigenvalue weighted by atomic mass is 35.5. The molecule has 0 aromatic heterocycles. The standard InChI is InChI=1S/C19H20Cl2N2O3S/c20-15-8-7-14(18(21)12-15)11-19(24)22-16-5-4-6-17(13-16)27(25,26)23-9-2-1-3-10-23/h4-8,12-13H,1-3,9-11H2,(H,22,24). The number of hydrogen-bond donors (Lipinski definition) is 1. The Morgan fingerprint density at radius 3 is 2.48 bits per heavy atom. The van der Waals surface area contributed by atoms with Crippen molar-refractivity contribution in [1.29, 1.82) is 0 Å². The average molecular weight is 427 g/mol. The molecule has 144 valence electrons. The molecule has 3 rings (SSSR count). The highest BCUT2D eigenvalue weighted by Gasteiger charge is 2.26. The van der Waals surface area contributed by atoms with Crippen LogP contribution in [0.5, 0.6) is 0 Å². The molecule has 0 bridgehead atoms. The number of rotatable bonds is 5. The van der Waals surface area contributed by atoms with Gasteiger partial charge in [0.1, 0.15) is 0 Å². The third-order valence-corrected chi connectivity index (χ3v) is 6.92. The zero-order valence-electron chi connectivity index (χ0n) is 14.6. The van der Waals surface area contributed by atoms with Crippen molar-refractivity contribution in [2.24, 2.45) is 0 Å². The van der Waals surface area contributed by atoms with Crippen LogP contribution in [0.3, 0.4) is 0 Å². The molecule has 2 aromatic carbocycles. The lowest BCUT2D eigenvalue weighted by Gasteiger charge is -2.26. The summed E-state index contributed by atoms with van der Waals surface area (Å²) < 4.78 is 27.1. The number of sulfonamides is 1. The van der Waals surface area contributed by atoms with E-state index in [1.807, 2.05) is 0 Å². The average Bonchev–Trinajstić information content (AvgIpc) is 2.65. The summed E-state index contributed by atoms with van der Waals surface area (Å²) in [7, 11) is -3.54. The number of piperidine rings is 1. The summed E-state index contributed by atoms with van der Waals surface area (Å²) in [6.45, 7) is 1.07. The van der Waals surface area contributed by atoms with Gasteiger partial charge in [-0.3, -0.25) is 4.79 Å². The molecule has 1 heterocycles. The number of anilines is 1. The molecule has 1 saturated heterocycles. The van der Waals surface area contributed by atoms with Crippen LogP contribution in [0.15, 0.2) is 47.4 Å². The van der Waals surface area contributed by atoms with E-state index in [1.54, 1.807) is 36.4 Å². The quantitative estimate of drug-likeness (QED) is 0.772. The predicted molar refractivity (Wildman–Crippen MR) is 108 cm³/mol. The number of hydrogen-bond acceptors (Lipinski definition) is 3. The van der Waals surface area contributed by atoms with E-state index in [-0.39, 0.29) is 17.2 Å². The highest BCUT2D eigenvalue weighted by molar-refractivity contribution is 7.89. The maximum absolute atomic E-state index is 12.8. The van der Waals surface area contributed by atoms with Crippen LogP contribution in [-0.2, 0) is 21.2 Å². The molecule has 0 spiro atoms. The van der Waals surface area contributed by atoms with Gasteiger partial charge in [-0.2, -0.15) is 4.31 Å². The molecule has 5 nitrogen and oxygen atoms in total. The fourth-order valence-corrected chi connectivity index (χ4v) is 5.07. The summed E-state index contributed by atoms with van der Waals surface area (Å²) >= 11 is 12.0. The van der Waals surface area contributed by atoms with Gasteiger partial charge in [0.05, 0.1) is 11.3 Å². The summed E-state index contributed by atoms with van der Waals surface area (Å²) in [5, 5.41) is 3.65. The molecule has 1 amide bonds. The number of amides is 1. The fraction of sp³-hybridized carbons (Fsp3) is 0.316. The Balaban J connectivity index is 1.72. The van der Waals surface area contributed by atoms with Crippen molar-refractivity contribution in [2.45, 2.75) is 30.6 Å². The van der Waals surface area contributed by atoms with E-state index >= 15 is 0 Å². The molecule has 8 heteroatoms. The van der Waals surface area contributed by atoms with Gasteiger partial charge in [0.25, 0.3) is 0 Å². The third-order valence-electron chi connectivity index (χ3n) is 4.44. The first-order chi connectivity index (χ1) is 12.9. The normalized spacial score (nSPS) is 15.5. The topological polar surface area (TPSA) is 66.5 Å². The van der Waals surface area contributed by atoms with Crippen LogP contribution in [-0.4, -0.2) is 31.7 Å². The number of carbonyl (C=O) groups excluding carboxylic acids is 1. The molecule has 2 aromatic rings. The Labute approximate surface area is 169 Å². The molecular weight excluding hydrogens is 407 g/mol. The van der Waals surface area contributed by atoms with Gasteiger partial charge < -0.3 is 5.32 Å². The summed E-state index contributed by atoms with van der Waals surface area (Å²) in [6.07, 6.45) is 2.86. The van der Waals surface area contributed by atoms with Crippen molar-refractivity contribution in [2.75, 3.05) is 18.4 Å². The van der Waals surface area contributed by atoms with Crippen LogP contribution in [0.4, 0.5) is 5.69 Å². The van der Waals surface area contributed by atoms with Crippen molar-refractivity contribution < 1.29 is 13.2 Å². The van der Waals surface area contributed by atoms with Crippen LogP contribution in [0.2, 0.25) is 10.0 Å². The van der Waals surface area contributed by atoms with Crippen molar-refractivity contribution in [3.63, 3.8) is 0 Å². The van der Waals surface area contributed by atoms with Crippen molar-refractivity contribution in [3.8, 4) is 0 Å². The maximum atomic E-state index is 12.8. The number of nitrogens with one attached hydrogen (secondary N) is 1. The molecule has 1 N–H and O–H groups in total. The lowest BCUT2D eigenvalue weighted by atomic mass is 10.1. The van der Waals surface area contributed by atoms with Crippen molar-refractivity contribution in [3.05, 3.63) is 58.1 Å². The maximum Gasteiger partial charge on any atom is 0.243 e. The second-order valence-electron chi connectivity index (χ2n) is 6.45. The summed E-state index contributed by atoms with van der Waals surface area (Å²) in [4.78, 5) is 12.5. The highest BCUT2D eigenvalue weighted by Crippen LogP contribution is 2.24. The Kier molecular flexibility index (Phi) is 6.42. The van der Waals surface area contributed by atoms with Gasteiger partial charge in [-0.25, -0.2) is 8.42 Å². The smallest absolute Gasteiger partial charge is 0.243 e. The Bertz CT molecular complexity index is 942. The van der Waals surface area contributed by atoms with Crippen LogP contribution in [0.1, 0.15) is 24.8 Å². The molecule has 1 aliphatic heterocycles. The summed E-state index contributed by atoms with van der Waals surface area (Å²) in [6, 6.07) is 11.3. The molecule has 0 saturated carbocycles. The Morgan fingerprint density at radius 2 is 1.78 bits per heavy atom. The molecule has 1 aliphatic rings. The summed E-state index contributed by atoms with van der Waals surface area (Å²) in [5.41, 5.74) is 1.08. The van der Waals surface area contributed by atoms with Gasteiger partial charge >= 0.3 is 0 Å².